The minimum Gasteiger partial charge on any atom is -0.358 e. The van der Waals surface area contributed by atoms with Gasteiger partial charge < -0.3 is 5.32 Å². The molecule has 1 aliphatic rings. The Morgan fingerprint density at radius 1 is 1.26 bits per heavy atom. The SMILES string of the molecule is CNC(=O)Cn1c(-c2ccc3c(c2)CCC3)ccc(C#N)c1=O. The Morgan fingerprint density at radius 2 is 2.04 bits per heavy atom. The van der Waals surface area contributed by atoms with Crippen LogP contribution in [-0.4, -0.2) is 17.5 Å². The number of pyridine rings is 1. The van der Waals surface area contributed by atoms with Crippen molar-refractivity contribution in [1.82, 2.24) is 9.88 Å². The fourth-order valence-electron chi connectivity index (χ4n) is 3.03. The molecule has 1 N–H and O–H groups in total. The van der Waals surface area contributed by atoms with E-state index in [2.05, 4.69) is 17.4 Å². The maximum absolute atomic E-state index is 12.4. The predicted molar refractivity (Wildman–Crippen MR) is 86.9 cm³/mol. The van der Waals surface area contributed by atoms with Gasteiger partial charge in [0.05, 0.1) is 5.69 Å². The van der Waals surface area contributed by atoms with Crippen molar-refractivity contribution < 1.29 is 4.79 Å². The Balaban J connectivity index is 2.15. The van der Waals surface area contributed by atoms with E-state index in [0.29, 0.717) is 5.69 Å². The van der Waals surface area contributed by atoms with Crippen molar-refractivity contribution in [3.8, 4) is 17.3 Å². The van der Waals surface area contributed by atoms with E-state index in [4.69, 9.17) is 5.26 Å². The second-order valence-corrected chi connectivity index (χ2v) is 5.65. The lowest BCUT2D eigenvalue weighted by Gasteiger charge is -2.14. The van der Waals surface area contributed by atoms with Gasteiger partial charge in [0, 0.05) is 7.05 Å². The molecule has 1 aromatic heterocycles. The summed E-state index contributed by atoms with van der Waals surface area (Å²) in [4.78, 5) is 24.2. The fourth-order valence-corrected chi connectivity index (χ4v) is 3.03. The van der Waals surface area contributed by atoms with Crippen LogP contribution >= 0.6 is 0 Å². The monoisotopic (exact) mass is 307 g/mol. The number of carbonyl (C=O) groups excluding carboxylic acids is 1. The number of nitrogens with zero attached hydrogens (tertiary/aromatic N) is 2. The Bertz CT molecular complexity index is 875. The molecule has 0 atom stereocenters. The molecule has 0 aliphatic heterocycles. The summed E-state index contributed by atoms with van der Waals surface area (Å²) in [7, 11) is 1.52. The highest BCUT2D eigenvalue weighted by Gasteiger charge is 2.16. The fraction of sp³-hybridized carbons (Fsp3) is 0.278. The van der Waals surface area contributed by atoms with Crippen LogP contribution in [-0.2, 0) is 24.2 Å². The van der Waals surface area contributed by atoms with Crippen LogP contribution in [0.5, 0.6) is 0 Å². The topological polar surface area (TPSA) is 74.9 Å². The van der Waals surface area contributed by atoms with Crippen molar-refractivity contribution >= 4 is 5.91 Å². The minimum absolute atomic E-state index is 0.0406. The molecule has 2 aromatic rings. The Hall–Kier alpha value is -2.87. The van der Waals surface area contributed by atoms with Crippen molar-refractivity contribution in [2.75, 3.05) is 7.05 Å². The maximum atomic E-state index is 12.4. The second-order valence-electron chi connectivity index (χ2n) is 5.65. The molecule has 0 unspecified atom stereocenters. The molecule has 0 fully saturated rings. The summed E-state index contributed by atoms with van der Waals surface area (Å²) in [5.74, 6) is -0.274. The van der Waals surface area contributed by atoms with Gasteiger partial charge >= 0.3 is 0 Å². The van der Waals surface area contributed by atoms with Gasteiger partial charge in [0.2, 0.25) is 5.91 Å². The van der Waals surface area contributed by atoms with Crippen LogP contribution in [0.4, 0.5) is 0 Å². The average Bonchev–Trinajstić information content (AvgIpc) is 3.04. The summed E-state index contributed by atoms with van der Waals surface area (Å²) in [5, 5.41) is 11.6. The highest BCUT2D eigenvalue weighted by atomic mass is 16.2. The number of hydrogen-bond donors (Lipinski definition) is 1. The van der Waals surface area contributed by atoms with Crippen LogP contribution in [0.25, 0.3) is 11.3 Å². The molecule has 1 aromatic carbocycles. The first-order chi connectivity index (χ1) is 11.1. The number of amides is 1. The smallest absolute Gasteiger partial charge is 0.269 e. The van der Waals surface area contributed by atoms with Crippen molar-refractivity contribution in [2.24, 2.45) is 0 Å². The van der Waals surface area contributed by atoms with Gasteiger partial charge in [-0.1, -0.05) is 12.1 Å². The summed E-state index contributed by atoms with van der Waals surface area (Å²) in [6.45, 7) is -0.0999. The number of likely N-dealkylation sites (N-methyl/N-ethyl adjacent to an activating group) is 1. The third kappa shape index (κ3) is 2.76. The van der Waals surface area contributed by atoms with Crippen molar-refractivity contribution in [1.29, 1.82) is 5.26 Å². The Morgan fingerprint density at radius 3 is 2.78 bits per heavy atom. The molecule has 0 radical (unpaired) electrons. The van der Waals surface area contributed by atoms with Gasteiger partial charge in [-0.05, 0) is 54.2 Å². The van der Waals surface area contributed by atoms with Crippen LogP contribution in [0.15, 0.2) is 35.1 Å². The molecule has 1 aliphatic carbocycles. The van der Waals surface area contributed by atoms with E-state index in [-0.39, 0.29) is 18.0 Å². The predicted octanol–water partition coefficient (Wildman–Crippen LogP) is 1.62. The van der Waals surface area contributed by atoms with E-state index >= 15 is 0 Å². The van der Waals surface area contributed by atoms with Gasteiger partial charge in [0.1, 0.15) is 18.2 Å². The highest BCUT2D eigenvalue weighted by molar-refractivity contribution is 5.76. The van der Waals surface area contributed by atoms with Gasteiger partial charge in [-0.25, -0.2) is 0 Å². The van der Waals surface area contributed by atoms with Gasteiger partial charge in [0.25, 0.3) is 5.56 Å². The third-order valence-corrected chi connectivity index (χ3v) is 4.27. The molecule has 3 rings (SSSR count). The molecule has 116 valence electrons. The van der Waals surface area contributed by atoms with E-state index in [1.54, 1.807) is 6.07 Å². The van der Waals surface area contributed by atoms with E-state index in [9.17, 15) is 9.59 Å². The van der Waals surface area contributed by atoms with Crippen molar-refractivity contribution in [3.05, 3.63) is 57.4 Å². The lowest BCUT2D eigenvalue weighted by Crippen LogP contribution is -2.32. The molecule has 0 bridgehead atoms. The lowest BCUT2D eigenvalue weighted by molar-refractivity contribution is -0.121. The molecular weight excluding hydrogens is 290 g/mol. The van der Waals surface area contributed by atoms with Gasteiger partial charge in [-0.3, -0.25) is 14.2 Å². The summed E-state index contributed by atoms with van der Waals surface area (Å²) >= 11 is 0. The molecule has 1 amide bonds. The Kier molecular flexibility index (Phi) is 3.98. The van der Waals surface area contributed by atoms with Gasteiger partial charge in [0.15, 0.2) is 0 Å². The first-order valence-electron chi connectivity index (χ1n) is 7.60. The Labute approximate surface area is 134 Å². The largest absolute Gasteiger partial charge is 0.358 e. The molecule has 5 nitrogen and oxygen atoms in total. The second kappa shape index (κ2) is 6.09. The number of fused-ring (bicyclic) bond motifs is 1. The number of aromatic nitrogens is 1. The number of carbonyl (C=O) groups is 1. The highest BCUT2D eigenvalue weighted by Crippen LogP contribution is 2.27. The van der Waals surface area contributed by atoms with Gasteiger partial charge in [-0.15, -0.1) is 0 Å². The van der Waals surface area contributed by atoms with Crippen LogP contribution in [0.1, 0.15) is 23.1 Å². The number of benzene rings is 1. The number of rotatable bonds is 3. The lowest BCUT2D eigenvalue weighted by atomic mass is 10.0. The van der Waals surface area contributed by atoms with Gasteiger partial charge in [-0.2, -0.15) is 5.26 Å². The number of nitrogens with one attached hydrogen (secondary N) is 1. The van der Waals surface area contributed by atoms with Crippen LogP contribution in [0, 0.1) is 11.3 Å². The number of aryl methyl sites for hydroxylation is 2. The van der Waals surface area contributed by atoms with E-state index in [1.807, 2.05) is 12.1 Å². The summed E-state index contributed by atoms with van der Waals surface area (Å²) in [6, 6.07) is 11.3. The van der Waals surface area contributed by atoms with E-state index in [1.165, 1.54) is 28.8 Å². The first kappa shape index (κ1) is 15.0. The quantitative estimate of drug-likeness (QED) is 0.936. The average molecular weight is 307 g/mol. The molecule has 0 spiro atoms. The zero-order valence-corrected chi connectivity index (χ0v) is 12.9. The normalized spacial score (nSPS) is 12.5. The zero-order valence-electron chi connectivity index (χ0n) is 12.9. The van der Waals surface area contributed by atoms with Crippen LogP contribution in [0.3, 0.4) is 0 Å². The molecule has 0 saturated carbocycles. The summed E-state index contributed by atoms with van der Waals surface area (Å²) < 4.78 is 1.37. The maximum Gasteiger partial charge on any atom is 0.269 e. The van der Waals surface area contributed by atoms with Crippen molar-refractivity contribution in [2.45, 2.75) is 25.8 Å². The first-order valence-corrected chi connectivity index (χ1v) is 7.60. The van der Waals surface area contributed by atoms with Crippen LogP contribution in [0.2, 0.25) is 0 Å². The number of nitriles is 1. The zero-order chi connectivity index (χ0) is 16.4. The molecule has 23 heavy (non-hydrogen) atoms. The minimum atomic E-state index is -0.436. The molecule has 1 heterocycles. The van der Waals surface area contributed by atoms with Crippen LogP contribution < -0.4 is 10.9 Å². The summed E-state index contributed by atoms with van der Waals surface area (Å²) in [5.41, 5.74) is 3.81. The molecule has 0 saturated heterocycles. The standard InChI is InChI=1S/C18H17N3O2/c1-20-17(22)11-21-16(8-7-15(10-19)18(21)23)14-6-5-12-3-2-4-13(12)9-14/h5-9H,2-4,11H2,1H3,(H,20,22). The number of hydrogen-bond acceptors (Lipinski definition) is 3. The third-order valence-electron chi connectivity index (χ3n) is 4.27. The molecule has 5 heteroatoms. The van der Waals surface area contributed by atoms with E-state index in [0.717, 1.165) is 24.8 Å². The van der Waals surface area contributed by atoms with E-state index < -0.39 is 5.56 Å². The van der Waals surface area contributed by atoms with Crippen molar-refractivity contribution in [3.63, 3.8) is 0 Å². The summed E-state index contributed by atoms with van der Waals surface area (Å²) in [6.07, 6.45) is 3.28. The molecular formula is C18H17N3O2.